The number of aryl methyl sites for hydroxylation is 1. The highest BCUT2D eigenvalue weighted by atomic mass is 15.1. The monoisotopic (exact) mass is 152 g/mol. The Bertz CT molecular complexity index is 215. The van der Waals surface area contributed by atoms with Gasteiger partial charge in [0.15, 0.2) is 0 Å². The van der Waals surface area contributed by atoms with Crippen molar-refractivity contribution in [2.24, 2.45) is 0 Å². The van der Waals surface area contributed by atoms with Crippen LogP contribution in [0.15, 0.2) is 6.20 Å². The van der Waals surface area contributed by atoms with Crippen molar-refractivity contribution < 1.29 is 0 Å². The van der Waals surface area contributed by atoms with E-state index in [1.807, 2.05) is 6.20 Å². The molecule has 1 aromatic rings. The quantitative estimate of drug-likeness (QED) is 0.708. The summed E-state index contributed by atoms with van der Waals surface area (Å²) in [5, 5.41) is 7.06. The molecule has 1 N–H and O–H groups in total. The second-order valence-corrected chi connectivity index (χ2v) is 2.97. The van der Waals surface area contributed by atoms with Gasteiger partial charge in [0.25, 0.3) is 0 Å². The van der Waals surface area contributed by atoms with E-state index in [4.69, 9.17) is 0 Å². The van der Waals surface area contributed by atoms with E-state index in [1.165, 1.54) is 17.7 Å². The zero-order valence-corrected chi connectivity index (χ0v) is 7.52. The van der Waals surface area contributed by atoms with E-state index >= 15 is 0 Å². The fourth-order valence-electron chi connectivity index (χ4n) is 1.25. The van der Waals surface area contributed by atoms with Crippen LogP contribution in [0, 0.1) is 0 Å². The van der Waals surface area contributed by atoms with Crippen molar-refractivity contribution in [2.75, 3.05) is 0 Å². The lowest BCUT2D eigenvalue weighted by Gasteiger charge is -2.06. The second-order valence-electron chi connectivity index (χ2n) is 2.97. The molecule has 1 atom stereocenters. The molecule has 0 amide bonds. The van der Waals surface area contributed by atoms with Crippen molar-refractivity contribution in [3.63, 3.8) is 0 Å². The minimum absolute atomic E-state index is 0.642. The molecule has 1 aromatic heterocycles. The van der Waals surface area contributed by atoms with Crippen molar-refractivity contribution in [2.45, 2.75) is 39.5 Å². The number of rotatable bonds is 3. The lowest BCUT2D eigenvalue weighted by Crippen LogP contribution is -1.94. The van der Waals surface area contributed by atoms with E-state index in [9.17, 15) is 0 Å². The van der Waals surface area contributed by atoms with E-state index < -0.39 is 0 Å². The number of nitrogens with one attached hydrogen (secondary N) is 1. The smallest absolute Gasteiger partial charge is 0.0524 e. The van der Waals surface area contributed by atoms with Gasteiger partial charge in [-0.3, -0.25) is 5.10 Å². The maximum atomic E-state index is 4.04. The number of hydrogen-bond donors (Lipinski definition) is 1. The van der Waals surface area contributed by atoms with Crippen molar-refractivity contribution in [3.8, 4) is 0 Å². The van der Waals surface area contributed by atoms with Crippen LogP contribution in [-0.4, -0.2) is 10.2 Å². The van der Waals surface area contributed by atoms with E-state index in [0.717, 1.165) is 6.42 Å². The average Bonchev–Trinajstić information content (AvgIpc) is 2.50. The fourth-order valence-corrected chi connectivity index (χ4v) is 1.25. The third-order valence-corrected chi connectivity index (χ3v) is 2.25. The molecule has 0 saturated heterocycles. The standard InChI is InChI=1S/C9H16N2/c1-4-7(3)8-6-10-11-9(8)5-2/h6-7H,4-5H2,1-3H3,(H,10,11). The normalized spacial score (nSPS) is 13.4. The number of hydrogen-bond acceptors (Lipinski definition) is 1. The Morgan fingerprint density at radius 1 is 1.55 bits per heavy atom. The first-order valence-electron chi connectivity index (χ1n) is 4.31. The molecule has 11 heavy (non-hydrogen) atoms. The highest BCUT2D eigenvalue weighted by Gasteiger charge is 2.08. The molecular formula is C9H16N2. The van der Waals surface area contributed by atoms with Crippen LogP contribution in [0.2, 0.25) is 0 Å². The summed E-state index contributed by atoms with van der Waals surface area (Å²) >= 11 is 0. The van der Waals surface area contributed by atoms with Crippen molar-refractivity contribution in [3.05, 3.63) is 17.5 Å². The van der Waals surface area contributed by atoms with Gasteiger partial charge in [0.2, 0.25) is 0 Å². The van der Waals surface area contributed by atoms with Gasteiger partial charge in [-0.05, 0) is 24.3 Å². The van der Waals surface area contributed by atoms with Gasteiger partial charge < -0.3 is 0 Å². The Balaban J connectivity index is 2.83. The summed E-state index contributed by atoms with van der Waals surface area (Å²) < 4.78 is 0. The molecule has 0 aromatic carbocycles. The summed E-state index contributed by atoms with van der Waals surface area (Å²) in [4.78, 5) is 0. The maximum absolute atomic E-state index is 4.04. The third kappa shape index (κ3) is 1.62. The molecule has 0 aliphatic carbocycles. The molecular weight excluding hydrogens is 136 g/mol. The Kier molecular flexibility index (Phi) is 2.69. The first-order chi connectivity index (χ1) is 5.29. The van der Waals surface area contributed by atoms with Crippen molar-refractivity contribution in [1.29, 1.82) is 0 Å². The predicted octanol–water partition coefficient (Wildman–Crippen LogP) is 2.49. The fraction of sp³-hybridized carbons (Fsp3) is 0.667. The molecule has 0 aliphatic heterocycles. The molecule has 0 spiro atoms. The number of aromatic amines is 1. The molecule has 1 heterocycles. The van der Waals surface area contributed by atoms with Crippen LogP contribution in [0.5, 0.6) is 0 Å². The van der Waals surface area contributed by atoms with Crippen LogP contribution >= 0.6 is 0 Å². The zero-order chi connectivity index (χ0) is 8.27. The van der Waals surface area contributed by atoms with Crippen molar-refractivity contribution >= 4 is 0 Å². The SMILES string of the molecule is CCc1[nH]ncc1C(C)CC. The van der Waals surface area contributed by atoms with Crippen LogP contribution in [0.1, 0.15) is 44.4 Å². The number of nitrogens with zero attached hydrogens (tertiary/aromatic N) is 1. The van der Waals surface area contributed by atoms with Crippen molar-refractivity contribution in [1.82, 2.24) is 10.2 Å². The van der Waals surface area contributed by atoms with Gasteiger partial charge in [0.1, 0.15) is 0 Å². The third-order valence-electron chi connectivity index (χ3n) is 2.25. The van der Waals surface area contributed by atoms with Crippen LogP contribution in [0.3, 0.4) is 0 Å². The Morgan fingerprint density at radius 3 is 2.82 bits per heavy atom. The Morgan fingerprint density at radius 2 is 2.27 bits per heavy atom. The molecule has 1 rings (SSSR count). The maximum Gasteiger partial charge on any atom is 0.0524 e. The molecule has 0 aliphatic rings. The summed E-state index contributed by atoms with van der Waals surface area (Å²) in [5.74, 6) is 0.642. The molecule has 1 unspecified atom stereocenters. The highest BCUT2D eigenvalue weighted by Crippen LogP contribution is 2.20. The number of H-pyrrole nitrogens is 1. The van der Waals surface area contributed by atoms with E-state index in [1.54, 1.807) is 0 Å². The summed E-state index contributed by atoms with van der Waals surface area (Å²) in [7, 11) is 0. The Labute approximate surface area is 68.0 Å². The van der Waals surface area contributed by atoms with Gasteiger partial charge >= 0.3 is 0 Å². The van der Waals surface area contributed by atoms with Gasteiger partial charge in [-0.15, -0.1) is 0 Å². The summed E-state index contributed by atoms with van der Waals surface area (Å²) in [6.07, 6.45) is 4.19. The van der Waals surface area contributed by atoms with Crippen LogP contribution in [0.4, 0.5) is 0 Å². The highest BCUT2D eigenvalue weighted by molar-refractivity contribution is 5.20. The van der Waals surface area contributed by atoms with Crippen LogP contribution in [0.25, 0.3) is 0 Å². The van der Waals surface area contributed by atoms with E-state index in [0.29, 0.717) is 5.92 Å². The molecule has 62 valence electrons. The van der Waals surface area contributed by atoms with Gasteiger partial charge in [-0.1, -0.05) is 20.8 Å². The lowest BCUT2D eigenvalue weighted by atomic mass is 9.98. The first kappa shape index (κ1) is 8.31. The van der Waals surface area contributed by atoms with E-state index in [-0.39, 0.29) is 0 Å². The van der Waals surface area contributed by atoms with Gasteiger partial charge in [0.05, 0.1) is 6.20 Å². The molecule has 0 saturated carbocycles. The molecule has 0 radical (unpaired) electrons. The summed E-state index contributed by atoms with van der Waals surface area (Å²) in [5.41, 5.74) is 2.68. The first-order valence-corrected chi connectivity index (χ1v) is 4.31. The molecule has 0 bridgehead atoms. The van der Waals surface area contributed by atoms with Gasteiger partial charge in [0, 0.05) is 5.69 Å². The molecule has 0 fully saturated rings. The van der Waals surface area contributed by atoms with Crippen LogP contribution in [-0.2, 0) is 6.42 Å². The minimum atomic E-state index is 0.642. The topological polar surface area (TPSA) is 28.7 Å². The largest absolute Gasteiger partial charge is 0.282 e. The zero-order valence-electron chi connectivity index (χ0n) is 7.52. The van der Waals surface area contributed by atoms with E-state index in [2.05, 4.69) is 31.0 Å². The second kappa shape index (κ2) is 3.56. The lowest BCUT2D eigenvalue weighted by molar-refractivity contribution is 0.723. The van der Waals surface area contributed by atoms with Gasteiger partial charge in [-0.25, -0.2) is 0 Å². The summed E-state index contributed by atoms with van der Waals surface area (Å²) in [6, 6.07) is 0. The molecule has 2 nitrogen and oxygen atoms in total. The predicted molar refractivity (Wildman–Crippen MR) is 46.7 cm³/mol. The Hall–Kier alpha value is -0.790. The minimum Gasteiger partial charge on any atom is -0.282 e. The number of aromatic nitrogens is 2. The summed E-state index contributed by atoms with van der Waals surface area (Å²) in [6.45, 7) is 6.60. The average molecular weight is 152 g/mol. The van der Waals surface area contributed by atoms with Gasteiger partial charge in [-0.2, -0.15) is 5.10 Å². The molecule has 2 heteroatoms. The van der Waals surface area contributed by atoms with Crippen LogP contribution < -0.4 is 0 Å².